The van der Waals surface area contributed by atoms with E-state index in [-0.39, 0.29) is 51.1 Å². The zero-order valence-corrected chi connectivity index (χ0v) is 43.5. The van der Waals surface area contributed by atoms with Gasteiger partial charge in [0, 0.05) is 43.9 Å². The Bertz CT molecular complexity index is 3340. The number of halogens is 1. The largest absolute Gasteiger partial charge is 0.334 e. The first-order chi connectivity index (χ1) is 32.2. The Morgan fingerprint density at radius 3 is 2.04 bits per heavy atom. The maximum absolute atomic E-state index is 15.7. The van der Waals surface area contributed by atoms with Gasteiger partial charge in [0.15, 0.2) is 0 Å². The number of thiophene rings is 1. The molecule has 5 atom stereocenters. The van der Waals surface area contributed by atoms with Crippen LogP contribution in [0.15, 0.2) is 91.0 Å². The van der Waals surface area contributed by atoms with Gasteiger partial charge in [0.25, 0.3) is 0 Å². The van der Waals surface area contributed by atoms with E-state index in [1.165, 1.54) is 131 Å². The molecule has 0 amide bonds. The lowest BCUT2D eigenvalue weighted by atomic mass is 9.30. The van der Waals surface area contributed by atoms with Gasteiger partial charge in [-0.15, -0.1) is 11.3 Å². The highest BCUT2D eigenvalue weighted by atomic mass is 32.1. The van der Waals surface area contributed by atoms with Gasteiger partial charge in [-0.3, -0.25) is 0 Å². The first-order valence-electron chi connectivity index (χ1n) is 26.0. The number of nitrogens with zero attached hydrogens (tertiary/aromatic N) is 2. The Morgan fingerprint density at radius 1 is 0.632 bits per heavy atom. The molecule has 2 saturated carbocycles. The van der Waals surface area contributed by atoms with Crippen molar-refractivity contribution in [2.24, 2.45) is 5.41 Å². The fourth-order valence-corrected chi connectivity index (χ4v) is 17.1. The second kappa shape index (κ2) is 13.7. The van der Waals surface area contributed by atoms with E-state index in [4.69, 9.17) is 0 Å². The van der Waals surface area contributed by atoms with Gasteiger partial charge in [-0.1, -0.05) is 148 Å². The molecule has 3 aliphatic heterocycles. The highest BCUT2D eigenvalue weighted by Crippen LogP contribution is 2.69. The monoisotopic (exact) mass is 915 g/mol. The van der Waals surface area contributed by atoms with E-state index in [2.05, 4.69) is 172 Å². The van der Waals surface area contributed by atoms with Crippen LogP contribution >= 0.6 is 11.3 Å². The first kappa shape index (κ1) is 43.2. The van der Waals surface area contributed by atoms with Crippen LogP contribution in [-0.2, 0) is 21.7 Å². The Morgan fingerprint density at radius 2 is 1.31 bits per heavy atom. The minimum Gasteiger partial charge on any atom is -0.334 e. The van der Waals surface area contributed by atoms with Gasteiger partial charge >= 0.3 is 0 Å². The molecule has 6 aliphatic rings. The van der Waals surface area contributed by atoms with Crippen LogP contribution in [0.2, 0.25) is 0 Å². The summed E-state index contributed by atoms with van der Waals surface area (Å²) in [6, 6.07) is 35.5. The van der Waals surface area contributed by atoms with E-state index in [0.29, 0.717) is 0 Å². The lowest BCUT2D eigenvalue weighted by molar-refractivity contribution is 0.0925. The summed E-state index contributed by atoms with van der Waals surface area (Å²) in [5.74, 6) is 0.122. The third kappa shape index (κ3) is 5.31. The lowest BCUT2D eigenvalue weighted by Crippen LogP contribution is -2.63. The summed E-state index contributed by atoms with van der Waals surface area (Å²) in [6.45, 7) is 29.4. The maximum atomic E-state index is 15.7. The SMILES string of the molecule is Cc1cc(C(C)(C)C)cc(C)c1N1c2cc(N3c4ccc(F)cc4C4(C)CCCCC34C)cc3c2B(c2cc(C(C)(C)C)cc4c2C3C2(C)CCCCC42C)c2ccc3c(sc4ccccc43)c21. The van der Waals surface area contributed by atoms with Gasteiger partial charge in [-0.2, -0.15) is 0 Å². The highest BCUT2D eigenvalue weighted by molar-refractivity contribution is 7.26. The maximum Gasteiger partial charge on any atom is 0.247 e. The van der Waals surface area contributed by atoms with Crippen molar-refractivity contribution >= 4 is 83.0 Å². The number of rotatable bonds is 2. The molecule has 5 unspecified atom stereocenters. The molecule has 0 saturated heterocycles. The average molecular weight is 915 g/mol. The molecular formula is C63H68BFN2S. The van der Waals surface area contributed by atoms with Crippen LogP contribution in [0.5, 0.6) is 0 Å². The fourth-order valence-electron chi connectivity index (χ4n) is 15.8. The molecule has 0 N–H and O–H groups in total. The number of fused-ring (bicyclic) bond motifs is 14. The third-order valence-corrected chi connectivity index (χ3v) is 21.0. The molecule has 4 heterocycles. The second-order valence-corrected chi connectivity index (χ2v) is 26.5. The van der Waals surface area contributed by atoms with E-state index in [0.717, 1.165) is 12.8 Å². The molecule has 0 bridgehead atoms. The van der Waals surface area contributed by atoms with Crippen LogP contribution in [0.25, 0.3) is 20.2 Å². The molecule has 3 aliphatic carbocycles. The summed E-state index contributed by atoms with van der Waals surface area (Å²) in [4.78, 5) is 5.52. The molecule has 68 heavy (non-hydrogen) atoms. The third-order valence-electron chi connectivity index (χ3n) is 19.8. The van der Waals surface area contributed by atoms with Crippen LogP contribution < -0.4 is 26.2 Å². The van der Waals surface area contributed by atoms with E-state index in [9.17, 15) is 0 Å². The van der Waals surface area contributed by atoms with Crippen molar-refractivity contribution in [3.8, 4) is 0 Å². The summed E-state index contributed by atoms with van der Waals surface area (Å²) in [5, 5.41) is 2.67. The molecule has 1 aromatic heterocycles. The van der Waals surface area contributed by atoms with E-state index in [1.807, 2.05) is 17.4 Å². The quantitative estimate of drug-likeness (QED) is 0.159. The molecule has 2 fully saturated rings. The van der Waals surface area contributed by atoms with Gasteiger partial charge in [0.2, 0.25) is 6.71 Å². The van der Waals surface area contributed by atoms with Crippen molar-refractivity contribution < 1.29 is 4.39 Å². The van der Waals surface area contributed by atoms with Crippen LogP contribution in [0, 0.1) is 25.1 Å². The molecule has 346 valence electrons. The van der Waals surface area contributed by atoms with E-state index >= 15 is 4.39 Å². The van der Waals surface area contributed by atoms with Crippen molar-refractivity contribution in [3.63, 3.8) is 0 Å². The topological polar surface area (TPSA) is 6.48 Å². The molecule has 0 spiro atoms. The van der Waals surface area contributed by atoms with Crippen molar-refractivity contribution in [1.29, 1.82) is 0 Å². The molecule has 6 aromatic carbocycles. The Balaban J connectivity index is 1.22. The molecule has 2 nitrogen and oxygen atoms in total. The van der Waals surface area contributed by atoms with Crippen LogP contribution in [0.3, 0.4) is 0 Å². The lowest BCUT2D eigenvalue weighted by Gasteiger charge is -2.52. The summed E-state index contributed by atoms with van der Waals surface area (Å²) < 4.78 is 18.4. The van der Waals surface area contributed by atoms with Crippen molar-refractivity contribution in [2.45, 2.75) is 168 Å². The molecule has 0 radical (unpaired) electrons. The standard InChI is InChI=1S/C63H68BFN2S/c1-36-29-38(58(3,4)5)30-37(2)55(36)66-50-35-41(67-49-24-21-40(65)33-45(49)61(10)26-17-18-28-63(61,67)12)34-44-53-52-46(60(9)25-15-16-27-62(53,60)11)31-39(59(6,7)8)32-48(52)64(54(44)50)47-23-22-43-42-19-13-14-20-51(42)68-57(43)56(47)66/h13-14,19-24,29-35,53H,15-18,25-28H2,1-12H3. The molecular weight excluding hydrogens is 847 g/mol. The first-order valence-corrected chi connectivity index (χ1v) is 26.8. The minimum absolute atomic E-state index is 0.00922. The number of hydrogen-bond acceptors (Lipinski definition) is 3. The Hall–Kier alpha value is -4.87. The van der Waals surface area contributed by atoms with Gasteiger partial charge in [0.1, 0.15) is 5.82 Å². The zero-order chi connectivity index (χ0) is 47.4. The summed E-state index contributed by atoms with van der Waals surface area (Å²) in [5.41, 5.74) is 22.0. The van der Waals surface area contributed by atoms with Gasteiger partial charge in [0.05, 0.1) is 21.6 Å². The van der Waals surface area contributed by atoms with E-state index < -0.39 is 0 Å². The predicted molar refractivity (Wildman–Crippen MR) is 291 cm³/mol. The Kier molecular flexibility index (Phi) is 8.71. The van der Waals surface area contributed by atoms with Crippen LogP contribution in [0.4, 0.5) is 32.8 Å². The minimum atomic E-state index is -0.226. The number of hydrogen-bond donors (Lipinski definition) is 0. The fraction of sp³-hybridized carbons (Fsp3) is 0.429. The number of aryl methyl sites for hydroxylation is 2. The smallest absolute Gasteiger partial charge is 0.247 e. The van der Waals surface area contributed by atoms with Crippen LogP contribution in [0.1, 0.15) is 171 Å². The highest BCUT2D eigenvalue weighted by Gasteiger charge is 2.64. The van der Waals surface area contributed by atoms with Crippen LogP contribution in [-0.4, -0.2) is 12.3 Å². The Labute approximate surface area is 409 Å². The van der Waals surface area contributed by atoms with Gasteiger partial charge in [-0.05, 0) is 160 Å². The van der Waals surface area contributed by atoms with Gasteiger partial charge < -0.3 is 9.80 Å². The van der Waals surface area contributed by atoms with E-state index in [1.54, 1.807) is 22.7 Å². The molecule has 5 heteroatoms. The summed E-state index contributed by atoms with van der Waals surface area (Å²) in [6.07, 6.45) is 9.44. The van der Waals surface area contributed by atoms with Gasteiger partial charge in [-0.25, -0.2) is 4.39 Å². The number of benzene rings is 6. The normalized spacial score (nSPS) is 26.7. The number of anilines is 5. The van der Waals surface area contributed by atoms with Crippen molar-refractivity contribution in [2.75, 3.05) is 9.80 Å². The predicted octanol–water partition coefficient (Wildman–Crippen LogP) is 15.7. The summed E-state index contributed by atoms with van der Waals surface area (Å²) in [7, 11) is 0. The molecule has 13 rings (SSSR count). The molecule has 7 aromatic rings. The second-order valence-electron chi connectivity index (χ2n) is 25.4. The van der Waals surface area contributed by atoms with Crippen molar-refractivity contribution in [1.82, 2.24) is 0 Å². The van der Waals surface area contributed by atoms with Crippen molar-refractivity contribution in [3.05, 3.63) is 141 Å². The summed E-state index contributed by atoms with van der Waals surface area (Å²) >= 11 is 1.97. The zero-order valence-electron chi connectivity index (χ0n) is 42.7. The average Bonchev–Trinajstić information content (AvgIpc) is 3.84.